The third-order valence-electron chi connectivity index (χ3n) is 1.64. The Balaban J connectivity index is 2.68. The zero-order valence-corrected chi connectivity index (χ0v) is 6.51. The van der Waals surface area contributed by atoms with Crippen molar-refractivity contribution in [1.29, 1.82) is 0 Å². The lowest BCUT2D eigenvalue weighted by molar-refractivity contribution is 0.409. The number of nitrogens with zero attached hydrogens (tertiary/aromatic N) is 1. The maximum atomic E-state index is 9.28. The summed E-state index contributed by atoms with van der Waals surface area (Å²) < 4.78 is 4.94. The molecule has 1 aromatic carbocycles. The lowest BCUT2D eigenvalue weighted by atomic mass is 9.93. The molecule has 6 heteroatoms. The van der Waals surface area contributed by atoms with Crippen molar-refractivity contribution in [2.24, 2.45) is 0 Å². The van der Waals surface area contributed by atoms with E-state index in [9.17, 15) is 5.11 Å². The van der Waals surface area contributed by atoms with E-state index in [2.05, 4.69) is 4.98 Å². The molecule has 0 radical (unpaired) electrons. The van der Waals surface area contributed by atoms with Crippen LogP contribution in [0.1, 0.15) is 0 Å². The van der Waals surface area contributed by atoms with Crippen LogP contribution in [0.5, 0.6) is 5.75 Å². The molecule has 3 N–H and O–H groups in total. The van der Waals surface area contributed by atoms with Crippen LogP contribution >= 0.6 is 0 Å². The molecule has 13 heavy (non-hydrogen) atoms. The summed E-state index contributed by atoms with van der Waals surface area (Å²) in [5.74, 6) is -0.273. The number of rotatable bonds is 1. The zero-order chi connectivity index (χ0) is 9.42. The predicted molar refractivity (Wildman–Crippen MR) is 45.5 cm³/mol. The molecule has 2 aromatic rings. The van der Waals surface area contributed by atoms with Crippen molar-refractivity contribution in [2.75, 3.05) is 0 Å². The number of fused-ring (bicyclic) bond motifs is 1. The van der Waals surface area contributed by atoms with Gasteiger partial charge in [0.05, 0.1) is 0 Å². The summed E-state index contributed by atoms with van der Waals surface area (Å²) in [5.41, 5.74) is 0.550. The molecule has 5 nitrogen and oxygen atoms in total. The highest BCUT2D eigenvalue weighted by Crippen LogP contribution is 2.21. The topological polar surface area (TPSA) is 86.7 Å². The number of oxazole rings is 1. The fraction of sp³-hybridized carbons (Fsp3) is 0. The summed E-state index contributed by atoms with van der Waals surface area (Å²) in [5, 5.41) is 26.7. The van der Waals surface area contributed by atoms with Gasteiger partial charge in [0, 0.05) is 0 Å². The lowest BCUT2D eigenvalue weighted by Crippen LogP contribution is -2.30. The van der Waals surface area contributed by atoms with Crippen molar-refractivity contribution < 1.29 is 19.6 Å². The van der Waals surface area contributed by atoms with Gasteiger partial charge in [0.2, 0.25) is 5.79 Å². The molecule has 0 fully saturated rings. The van der Waals surface area contributed by atoms with Gasteiger partial charge in [-0.05, 0) is 12.1 Å². The molecule has 0 saturated heterocycles. The SMILES string of the molecule is OB(O)c1nc2c(O)cccc2o1. The fourth-order valence-electron chi connectivity index (χ4n) is 1.06. The number of hydrogen-bond donors (Lipinski definition) is 3. The minimum atomic E-state index is -1.76. The number of hydrogen-bond acceptors (Lipinski definition) is 5. The number of aromatic hydroxyl groups is 1. The standard InChI is InChI=1S/C7H6BNO4/c10-4-2-1-3-5-6(4)9-7(13-5)8(11)12/h1-3,10-12H. The Morgan fingerprint density at radius 1 is 1.31 bits per heavy atom. The third-order valence-corrected chi connectivity index (χ3v) is 1.64. The molecule has 0 bridgehead atoms. The van der Waals surface area contributed by atoms with E-state index in [-0.39, 0.29) is 17.1 Å². The Bertz CT molecular complexity index is 439. The first-order chi connectivity index (χ1) is 6.18. The van der Waals surface area contributed by atoms with Crippen LogP contribution in [0.25, 0.3) is 11.1 Å². The fourth-order valence-corrected chi connectivity index (χ4v) is 1.06. The van der Waals surface area contributed by atoms with Crippen molar-refractivity contribution in [3.05, 3.63) is 18.2 Å². The highest BCUT2D eigenvalue weighted by atomic mass is 16.4. The highest BCUT2D eigenvalue weighted by molar-refractivity contribution is 6.56. The molecule has 0 aliphatic rings. The average Bonchev–Trinajstić information content (AvgIpc) is 2.49. The molecule has 0 atom stereocenters. The largest absolute Gasteiger partial charge is 0.548 e. The molecule has 0 saturated carbocycles. The summed E-state index contributed by atoms with van der Waals surface area (Å²) in [6.07, 6.45) is 0. The third kappa shape index (κ3) is 1.26. The van der Waals surface area contributed by atoms with Gasteiger partial charge in [0.25, 0.3) is 0 Å². The summed E-state index contributed by atoms with van der Waals surface area (Å²) in [4.78, 5) is 3.70. The summed E-state index contributed by atoms with van der Waals surface area (Å²) in [7, 11) is -1.76. The van der Waals surface area contributed by atoms with Crippen LogP contribution in [0, 0.1) is 0 Å². The molecule has 1 heterocycles. The van der Waals surface area contributed by atoms with E-state index in [1.807, 2.05) is 0 Å². The van der Waals surface area contributed by atoms with Crippen LogP contribution in [0.15, 0.2) is 22.6 Å². The molecule has 2 rings (SSSR count). The van der Waals surface area contributed by atoms with Gasteiger partial charge in [0.15, 0.2) is 11.1 Å². The quantitative estimate of drug-likeness (QED) is 0.499. The van der Waals surface area contributed by atoms with Crippen LogP contribution in [0.3, 0.4) is 0 Å². The molecular formula is C7H6BNO4. The lowest BCUT2D eigenvalue weighted by Gasteiger charge is -1.87. The first-order valence-electron chi connectivity index (χ1n) is 3.63. The minimum Gasteiger partial charge on any atom is -0.506 e. The molecule has 0 spiro atoms. The Labute approximate surface area is 73.4 Å². The van der Waals surface area contributed by atoms with Crippen LogP contribution < -0.4 is 5.79 Å². The minimum absolute atomic E-state index is 0.0480. The first-order valence-corrected chi connectivity index (χ1v) is 3.63. The molecule has 0 aliphatic heterocycles. The molecule has 1 aromatic heterocycles. The van der Waals surface area contributed by atoms with Gasteiger partial charge in [-0.15, -0.1) is 0 Å². The second-order valence-corrected chi connectivity index (χ2v) is 2.55. The summed E-state index contributed by atoms with van der Waals surface area (Å²) in [6.45, 7) is 0. The maximum Gasteiger partial charge on any atom is 0.548 e. The molecule has 0 unspecified atom stereocenters. The normalized spacial score (nSPS) is 10.6. The predicted octanol–water partition coefficient (Wildman–Crippen LogP) is -0.787. The van der Waals surface area contributed by atoms with E-state index in [4.69, 9.17) is 14.5 Å². The van der Waals surface area contributed by atoms with Gasteiger partial charge in [0.1, 0.15) is 5.75 Å². The Morgan fingerprint density at radius 2 is 2.08 bits per heavy atom. The Hall–Kier alpha value is -1.53. The van der Waals surface area contributed by atoms with Crippen LogP contribution in [0.2, 0.25) is 0 Å². The number of phenols is 1. The number of para-hydroxylation sites is 1. The van der Waals surface area contributed by atoms with Crippen molar-refractivity contribution in [3.8, 4) is 5.75 Å². The summed E-state index contributed by atoms with van der Waals surface area (Å²) >= 11 is 0. The smallest absolute Gasteiger partial charge is 0.506 e. The van der Waals surface area contributed by atoms with E-state index < -0.39 is 7.12 Å². The molecule has 0 amide bonds. The van der Waals surface area contributed by atoms with Gasteiger partial charge < -0.3 is 19.6 Å². The Kier molecular flexibility index (Phi) is 1.71. The van der Waals surface area contributed by atoms with Crippen LogP contribution in [-0.2, 0) is 0 Å². The monoisotopic (exact) mass is 179 g/mol. The van der Waals surface area contributed by atoms with Crippen molar-refractivity contribution >= 4 is 24.0 Å². The zero-order valence-electron chi connectivity index (χ0n) is 6.51. The van der Waals surface area contributed by atoms with Crippen LogP contribution in [-0.4, -0.2) is 27.3 Å². The Morgan fingerprint density at radius 3 is 2.69 bits per heavy atom. The van der Waals surface area contributed by atoms with Gasteiger partial charge >= 0.3 is 7.12 Å². The van der Waals surface area contributed by atoms with E-state index in [0.29, 0.717) is 5.58 Å². The first kappa shape index (κ1) is 8.09. The van der Waals surface area contributed by atoms with Crippen molar-refractivity contribution in [3.63, 3.8) is 0 Å². The van der Waals surface area contributed by atoms with Crippen molar-refractivity contribution in [1.82, 2.24) is 4.98 Å². The van der Waals surface area contributed by atoms with Gasteiger partial charge in [-0.3, -0.25) is 0 Å². The summed E-state index contributed by atoms with van der Waals surface area (Å²) in [6, 6.07) is 4.60. The van der Waals surface area contributed by atoms with Crippen molar-refractivity contribution in [2.45, 2.75) is 0 Å². The van der Waals surface area contributed by atoms with Crippen LogP contribution in [0.4, 0.5) is 0 Å². The van der Waals surface area contributed by atoms with E-state index in [1.165, 1.54) is 6.07 Å². The molecular weight excluding hydrogens is 173 g/mol. The number of benzene rings is 1. The van der Waals surface area contributed by atoms with Gasteiger partial charge in [-0.25, -0.2) is 4.98 Å². The van der Waals surface area contributed by atoms with Gasteiger partial charge in [-0.1, -0.05) is 6.07 Å². The van der Waals surface area contributed by atoms with Gasteiger partial charge in [-0.2, -0.15) is 0 Å². The second-order valence-electron chi connectivity index (χ2n) is 2.55. The highest BCUT2D eigenvalue weighted by Gasteiger charge is 2.20. The second kappa shape index (κ2) is 2.76. The number of aromatic nitrogens is 1. The molecule has 0 aliphatic carbocycles. The van der Waals surface area contributed by atoms with E-state index in [0.717, 1.165) is 0 Å². The molecule has 66 valence electrons. The number of phenolic OH excluding ortho intramolecular Hbond substituents is 1. The van der Waals surface area contributed by atoms with E-state index in [1.54, 1.807) is 12.1 Å². The average molecular weight is 179 g/mol. The maximum absolute atomic E-state index is 9.28. The van der Waals surface area contributed by atoms with E-state index >= 15 is 0 Å².